The molecule has 0 aliphatic heterocycles. The second kappa shape index (κ2) is 6.21. The molecule has 0 unspecified atom stereocenters. The van der Waals surface area contributed by atoms with Crippen LogP contribution in [0.15, 0.2) is 21.5 Å². The zero-order valence-electron chi connectivity index (χ0n) is 11.5. The molecule has 2 aromatic rings. The Balaban J connectivity index is 2.67. The Morgan fingerprint density at radius 1 is 1.55 bits per heavy atom. The molecular formula is C14H14ClN3OS. The largest absolute Gasteiger partial charge is 0.459 e. The number of thioether (sulfide) groups is 1. The highest BCUT2D eigenvalue weighted by molar-refractivity contribution is 8.13. The van der Waals surface area contributed by atoms with E-state index >= 15 is 0 Å². The van der Waals surface area contributed by atoms with Crippen LogP contribution in [0.5, 0.6) is 0 Å². The molecule has 0 aliphatic rings. The number of amidine groups is 1. The quantitative estimate of drug-likeness (QED) is 0.387. The van der Waals surface area contributed by atoms with Gasteiger partial charge in [0.15, 0.2) is 16.9 Å². The maximum Gasteiger partial charge on any atom is 0.183 e. The number of hydrogen-bond acceptors (Lipinski definition) is 4. The Kier molecular flexibility index (Phi) is 4.58. The molecule has 0 aliphatic carbocycles. The van der Waals surface area contributed by atoms with Crippen LogP contribution in [0, 0.1) is 18.4 Å². The Hall–Kier alpha value is -1.64. The fourth-order valence-corrected chi connectivity index (χ4v) is 2.57. The number of aryl methyl sites for hydroxylation is 2. The normalized spacial score (nSPS) is 11.7. The maximum absolute atomic E-state index is 8.70. The van der Waals surface area contributed by atoms with E-state index in [2.05, 4.69) is 10.3 Å². The number of aliphatic imine (C=N–C) groups is 1. The van der Waals surface area contributed by atoms with Gasteiger partial charge in [0.2, 0.25) is 0 Å². The Morgan fingerprint density at radius 2 is 2.30 bits per heavy atom. The molecule has 0 saturated carbocycles. The van der Waals surface area contributed by atoms with Crippen molar-refractivity contribution in [3.63, 3.8) is 0 Å². The highest BCUT2D eigenvalue weighted by Crippen LogP contribution is 2.36. The summed E-state index contributed by atoms with van der Waals surface area (Å²) >= 11 is 7.50. The smallest absolute Gasteiger partial charge is 0.183 e. The molecule has 4 nitrogen and oxygen atoms in total. The lowest BCUT2D eigenvalue weighted by atomic mass is 10.1. The predicted octanol–water partition coefficient (Wildman–Crippen LogP) is 4.38. The van der Waals surface area contributed by atoms with Crippen LogP contribution in [-0.2, 0) is 6.42 Å². The lowest BCUT2D eigenvalue weighted by molar-refractivity contribution is 0.554. The van der Waals surface area contributed by atoms with Gasteiger partial charge < -0.3 is 4.42 Å². The van der Waals surface area contributed by atoms with E-state index in [4.69, 9.17) is 21.3 Å². The molecule has 1 N–H and O–H groups in total. The third kappa shape index (κ3) is 2.77. The minimum atomic E-state index is 0.503. The lowest BCUT2D eigenvalue weighted by Crippen LogP contribution is -2.12. The van der Waals surface area contributed by atoms with Crippen LogP contribution in [0.25, 0.3) is 11.0 Å². The molecule has 104 valence electrons. The van der Waals surface area contributed by atoms with Crippen LogP contribution in [-0.4, -0.2) is 11.4 Å². The molecule has 1 heterocycles. The second-order valence-corrected chi connectivity index (χ2v) is 5.39. The van der Waals surface area contributed by atoms with E-state index in [1.165, 1.54) is 11.8 Å². The topological polar surface area (TPSA) is 61.3 Å². The fourth-order valence-electron chi connectivity index (χ4n) is 2.02. The highest BCUT2D eigenvalue weighted by atomic mass is 35.5. The van der Waals surface area contributed by atoms with Crippen molar-refractivity contribution >= 4 is 45.2 Å². The fraction of sp³-hybridized carbons (Fsp3) is 0.286. The predicted molar refractivity (Wildman–Crippen MR) is 84.7 cm³/mol. The standard InChI is InChI=1S/C14H14ClN3OS/c1-4-12-8(2)10-5-9(15)6-11(13(10)19-12)18-14(20-3)17-7-16/h5-6H,4H2,1-3H3,(H,17,18). The number of furan rings is 1. The maximum atomic E-state index is 8.70. The minimum Gasteiger partial charge on any atom is -0.459 e. The number of halogens is 1. The Bertz CT molecular complexity index is 715. The number of nitriles is 1. The van der Waals surface area contributed by atoms with E-state index in [1.54, 1.807) is 6.07 Å². The molecule has 2 rings (SSSR count). The zero-order valence-corrected chi connectivity index (χ0v) is 13.0. The van der Waals surface area contributed by atoms with E-state index in [0.29, 0.717) is 21.5 Å². The zero-order chi connectivity index (χ0) is 14.7. The first-order valence-electron chi connectivity index (χ1n) is 6.10. The van der Waals surface area contributed by atoms with Gasteiger partial charge in [0.1, 0.15) is 11.4 Å². The SMILES string of the molecule is CCc1oc2c(N=C(NC#N)SC)cc(Cl)cc2c1C. The molecule has 0 amide bonds. The first-order valence-corrected chi connectivity index (χ1v) is 7.70. The average molecular weight is 308 g/mol. The van der Waals surface area contributed by atoms with Gasteiger partial charge >= 0.3 is 0 Å². The van der Waals surface area contributed by atoms with E-state index in [1.807, 2.05) is 32.4 Å². The summed E-state index contributed by atoms with van der Waals surface area (Å²) in [6, 6.07) is 3.62. The van der Waals surface area contributed by atoms with Crippen LogP contribution >= 0.6 is 23.4 Å². The van der Waals surface area contributed by atoms with Crippen LogP contribution in [0.2, 0.25) is 5.02 Å². The van der Waals surface area contributed by atoms with Crippen LogP contribution < -0.4 is 5.32 Å². The van der Waals surface area contributed by atoms with Crippen LogP contribution in [0.3, 0.4) is 0 Å². The summed E-state index contributed by atoms with van der Waals surface area (Å²) in [5, 5.41) is 13.3. The summed E-state index contributed by atoms with van der Waals surface area (Å²) in [6.45, 7) is 4.05. The minimum absolute atomic E-state index is 0.503. The molecular weight excluding hydrogens is 294 g/mol. The van der Waals surface area contributed by atoms with Crippen molar-refractivity contribution in [2.75, 3.05) is 6.26 Å². The highest BCUT2D eigenvalue weighted by Gasteiger charge is 2.14. The number of nitrogens with zero attached hydrogens (tertiary/aromatic N) is 2. The Morgan fingerprint density at radius 3 is 2.90 bits per heavy atom. The molecule has 0 spiro atoms. The first kappa shape index (κ1) is 14.8. The van der Waals surface area contributed by atoms with Gasteiger partial charge in [-0.25, -0.2) is 4.99 Å². The average Bonchev–Trinajstić information content (AvgIpc) is 2.75. The molecule has 0 saturated heterocycles. The van der Waals surface area contributed by atoms with E-state index in [9.17, 15) is 0 Å². The van der Waals surface area contributed by atoms with Gasteiger partial charge in [-0.05, 0) is 30.9 Å². The number of fused-ring (bicyclic) bond motifs is 1. The van der Waals surface area contributed by atoms with E-state index in [-0.39, 0.29) is 0 Å². The Labute approximate surface area is 126 Å². The van der Waals surface area contributed by atoms with Crippen molar-refractivity contribution in [2.45, 2.75) is 20.3 Å². The van der Waals surface area contributed by atoms with Gasteiger partial charge in [0.05, 0.1) is 0 Å². The number of nitrogens with one attached hydrogen (secondary N) is 1. The third-order valence-corrected chi connectivity index (χ3v) is 3.78. The van der Waals surface area contributed by atoms with Crippen molar-refractivity contribution in [1.82, 2.24) is 5.32 Å². The monoisotopic (exact) mass is 307 g/mol. The number of benzene rings is 1. The number of rotatable bonds is 2. The van der Waals surface area contributed by atoms with Crippen molar-refractivity contribution in [3.8, 4) is 6.19 Å². The molecule has 1 aromatic heterocycles. The van der Waals surface area contributed by atoms with Gasteiger partial charge in [-0.3, -0.25) is 5.32 Å². The summed E-state index contributed by atoms with van der Waals surface area (Å²) in [4.78, 5) is 4.41. The van der Waals surface area contributed by atoms with Crippen molar-refractivity contribution in [2.24, 2.45) is 4.99 Å². The molecule has 0 radical (unpaired) electrons. The summed E-state index contributed by atoms with van der Waals surface area (Å²) in [5.74, 6) is 0.928. The molecule has 20 heavy (non-hydrogen) atoms. The van der Waals surface area contributed by atoms with Crippen LogP contribution in [0.1, 0.15) is 18.2 Å². The van der Waals surface area contributed by atoms with Gasteiger partial charge in [0.25, 0.3) is 0 Å². The summed E-state index contributed by atoms with van der Waals surface area (Å²) < 4.78 is 5.87. The molecule has 0 fully saturated rings. The van der Waals surface area contributed by atoms with Crippen LogP contribution in [0.4, 0.5) is 5.69 Å². The summed E-state index contributed by atoms with van der Waals surface area (Å²) in [7, 11) is 0. The van der Waals surface area contributed by atoms with E-state index in [0.717, 1.165) is 23.1 Å². The van der Waals surface area contributed by atoms with Crippen molar-refractivity contribution < 1.29 is 4.42 Å². The first-order chi connectivity index (χ1) is 9.60. The number of hydrogen-bond donors (Lipinski definition) is 1. The lowest BCUT2D eigenvalue weighted by Gasteiger charge is -2.01. The second-order valence-electron chi connectivity index (χ2n) is 4.16. The van der Waals surface area contributed by atoms with Gasteiger partial charge in [-0.2, -0.15) is 5.26 Å². The van der Waals surface area contributed by atoms with Gasteiger partial charge in [0, 0.05) is 16.8 Å². The molecule has 1 aromatic carbocycles. The van der Waals surface area contributed by atoms with Crippen molar-refractivity contribution in [3.05, 3.63) is 28.5 Å². The molecule has 0 bridgehead atoms. The third-order valence-electron chi connectivity index (χ3n) is 2.98. The summed E-state index contributed by atoms with van der Waals surface area (Å²) in [5.41, 5.74) is 2.41. The summed E-state index contributed by atoms with van der Waals surface area (Å²) in [6.07, 6.45) is 4.52. The molecule has 0 atom stereocenters. The van der Waals surface area contributed by atoms with Gasteiger partial charge in [-0.1, -0.05) is 30.3 Å². The molecule has 6 heteroatoms. The van der Waals surface area contributed by atoms with E-state index < -0.39 is 0 Å². The van der Waals surface area contributed by atoms with Gasteiger partial charge in [-0.15, -0.1) is 0 Å². The van der Waals surface area contributed by atoms with Crippen molar-refractivity contribution in [1.29, 1.82) is 5.26 Å².